The first-order chi connectivity index (χ1) is 15.2. The highest BCUT2D eigenvalue weighted by Gasteiger charge is 2.20. The van der Waals surface area contributed by atoms with Gasteiger partial charge in [0.15, 0.2) is 0 Å². The van der Waals surface area contributed by atoms with Crippen LogP contribution in [0, 0.1) is 11.3 Å². The molecule has 1 amide bonds. The summed E-state index contributed by atoms with van der Waals surface area (Å²) in [7, 11) is -1.92. The Morgan fingerprint density at radius 3 is 2.56 bits per heavy atom. The maximum atomic E-state index is 12.9. The Hall–Kier alpha value is -3.84. The van der Waals surface area contributed by atoms with E-state index in [-0.39, 0.29) is 28.3 Å². The first-order valence-corrected chi connectivity index (χ1v) is 11.5. The number of rotatable bonds is 8. The predicted molar refractivity (Wildman–Crippen MR) is 121 cm³/mol. The molecule has 0 atom stereocenters. The van der Waals surface area contributed by atoms with Crippen LogP contribution in [0.1, 0.15) is 46.2 Å². The minimum atomic E-state index is -3.54. The van der Waals surface area contributed by atoms with E-state index in [1.165, 1.54) is 18.2 Å². The Bertz CT molecular complexity index is 1350. The Labute approximate surface area is 185 Å². The van der Waals surface area contributed by atoms with Crippen molar-refractivity contribution >= 4 is 44.2 Å². The number of sulfonamides is 1. The van der Waals surface area contributed by atoms with Crippen LogP contribution in [0.25, 0.3) is 10.9 Å². The summed E-state index contributed by atoms with van der Waals surface area (Å²) >= 11 is 0. The number of carbonyl (C=O) groups excluding carboxylic acids is 1. The van der Waals surface area contributed by atoms with Crippen molar-refractivity contribution in [1.82, 2.24) is 4.57 Å². The van der Waals surface area contributed by atoms with E-state index in [0.717, 1.165) is 6.42 Å². The highest BCUT2D eigenvalue weighted by molar-refractivity contribution is 7.92. The number of anilines is 2. The number of aromatic nitrogens is 1. The molecule has 32 heavy (non-hydrogen) atoms. The normalized spacial score (nSPS) is 11.2. The highest BCUT2D eigenvalue weighted by Crippen LogP contribution is 2.28. The number of nitrogens with one attached hydrogen (secondary N) is 2. The van der Waals surface area contributed by atoms with E-state index in [1.54, 1.807) is 35.9 Å². The number of hydrogen-bond acceptors (Lipinski definition) is 5. The highest BCUT2D eigenvalue weighted by atomic mass is 32.2. The summed E-state index contributed by atoms with van der Waals surface area (Å²) in [5.74, 6) is -1.86. The molecule has 0 spiro atoms. The third kappa shape index (κ3) is 4.73. The number of carbonyl (C=O) groups is 2. The topological polar surface area (TPSA) is 141 Å². The number of benzene rings is 2. The number of para-hydroxylation sites is 1. The monoisotopic (exact) mass is 454 g/mol. The third-order valence-corrected chi connectivity index (χ3v) is 6.31. The zero-order valence-corrected chi connectivity index (χ0v) is 18.4. The molecule has 0 radical (unpaired) electrons. The number of nitrogens with zero attached hydrogens (tertiary/aromatic N) is 2. The van der Waals surface area contributed by atoms with Crippen LogP contribution in [0.5, 0.6) is 0 Å². The van der Waals surface area contributed by atoms with Gasteiger partial charge in [0.2, 0.25) is 10.0 Å². The lowest BCUT2D eigenvalue weighted by atomic mass is 10.1. The number of unbranched alkanes of at least 4 members (excludes halogenated alkanes) is 1. The van der Waals surface area contributed by atoms with Gasteiger partial charge in [-0.1, -0.05) is 25.5 Å². The minimum Gasteiger partial charge on any atom is -0.478 e. The van der Waals surface area contributed by atoms with Crippen LogP contribution >= 0.6 is 0 Å². The summed E-state index contributed by atoms with van der Waals surface area (Å²) in [5, 5.41) is 21.6. The van der Waals surface area contributed by atoms with Gasteiger partial charge in [0.25, 0.3) is 5.91 Å². The number of aryl methyl sites for hydroxylation is 1. The largest absolute Gasteiger partial charge is 0.478 e. The molecule has 166 valence electrons. The zero-order chi connectivity index (χ0) is 23.5. The van der Waals surface area contributed by atoms with Crippen LogP contribution in [0.2, 0.25) is 0 Å². The molecule has 3 N–H and O–H groups in total. The fourth-order valence-electron chi connectivity index (χ4n) is 3.36. The Kier molecular flexibility index (Phi) is 6.50. The number of fused-ring (bicyclic) bond motifs is 1. The standard InChI is InChI=1S/C22H22N4O5S/c1-3-4-10-32(30,31)25-18-7-5-6-15-12-19(26(2)20(15)18)21(27)24-17-9-8-14(13-23)11-16(17)22(28)29/h5-9,11-12,25H,3-4,10H2,1-2H3,(H,24,27)(H,28,29). The van der Waals surface area contributed by atoms with E-state index in [0.29, 0.717) is 23.0 Å². The maximum Gasteiger partial charge on any atom is 0.337 e. The lowest BCUT2D eigenvalue weighted by Gasteiger charge is -2.12. The second kappa shape index (κ2) is 9.11. The van der Waals surface area contributed by atoms with Gasteiger partial charge in [-0.3, -0.25) is 9.52 Å². The summed E-state index contributed by atoms with van der Waals surface area (Å²) in [5.41, 5.74) is 1.08. The van der Waals surface area contributed by atoms with Gasteiger partial charge in [0.1, 0.15) is 5.69 Å². The zero-order valence-electron chi connectivity index (χ0n) is 17.5. The lowest BCUT2D eigenvalue weighted by molar-refractivity contribution is 0.0698. The molecular formula is C22H22N4O5S. The molecule has 1 heterocycles. The third-order valence-electron chi connectivity index (χ3n) is 4.95. The Morgan fingerprint density at radius 2 is 1.91 bits per heavy atom. The van der Waals surface area contributed by atoms with Crippen molar-refractivity contribution in [1.29, 1.82) is 5.26 Å². The van der Waals surface area contributed by atoms with Crippen LogP contribution in [0.3, 0.4) is 0 Å². The average Bonchev–Trinajstić information content (AvgIpc) is 3.10. The molecule has 3 aromatic rings. The maximum absolute atomic E-state index is 12.9. The number of amides is 1. The first kappa shape index (κ1) is 22.8. The van der Waals surface area contributed by atoms with E-state index in [9.17, 15) is 23.1 Å². The number of carboxylic acid groups (broad SMARTS) is 1. The molecule has 2 aromatic carbocycles. The van der Waals surface area contributed by atoms with Crippen molar-refractivity contribution < 1.29 is 23.1 Å². The van der Waals surface area contributed by atoms with Crippen molar-refractivity contribution in [2.45, 2.75) is 19.8 Å². The predicted octanol–water partition coefficient (Wildman–Crippen LogP) is 3.54. The SMILES string of the molecule is CCCCS(=O)(=O)Nc1cccc2cc(C(=O)Nc3ccc(C#N)cc3C(=O)O)n(C)c12. The summed E-state index contributed by atoms with van der Waals surface area (Å²) < 4.78 is 28.9. The average molecular weight is 455 g/mol. The molecule has 1 aromatic heterocycles. The molecule has 0 bridgehead atoms. The number of carboxylic acids is 1. The lowest BCUT2D eigenvalue weighted by Crippen LogP contribution is -2.19. The second-order valence-electron chi connectivity index (χ2n) is 7.24. The summed E-state index contributed by atoms with van der Waals surface area (Å²) in [6.45, 7) is 1.90. The van der Waals surface area contributed by atoms with Crippen molar-refractivity contribution in [2.75, 3.05) is 15.8 Å². The van der Waals surface area contributed by atoms with Crippen molar-refractivity contribution in [3.05, 3.63) is 59.3 Å². The molecule has 0 fully saturated rings. The molecule has 0 aliphatic carbocycles. The second-order valence-corrected chi connectivity index (χ2v) is 9.08. The number of hydrogen-bond donors (Lipinski definition) is 3. The van der Waals surface area contributed by atoms with E-state index in [2.05, 4.69) is 10.0 Å². The van der Waals surface area contributed by atoms with Crippen LogP contribution in [-0.2, 0) is 17.1 Å². The van der Waals surface area contributed by atoms with E-state index in [4.69, 9.17) is 5.26 Å². The molecular weight excluding hydrogens is 432 g/mol. The molecule has 0 unspecified atom stereocenters. The molecule has 0 aliphatic heterocycles. The van der Waals surface area contributed by atoms with Gasteiger partial charge in [-0.2, -0.15) is 5.26 Å². The van der Waals surface area contributed by atoms with Gasteiger partial charge in [-0.15, -0.1) is 0 Å². The van der Waals surface area contributed by atoms with Gasteiger partial charge >= 0.3 is 5.97 Å². The van der Waals surface area contributed by atoms with Gasteiger partial charge in [0, 0.05) is 12.4 Å². The fourth-order valence-corrected chi connectivity index (χ4v) is 4.63. The fraction of sp³-hybridized carbons (Fsp3) is 0.227. The quantitative estimate of drug-likeness (QED) is 0.475. The van der Waals surface area contributed by atoms with Crippen molar-refractivity contribution in [3.63, 3.8) is 0 Å². The van der Waals surface area contributed by atoms with Crippen molar-refractivity contribution in [2.24, 2.45) is 7.05 Å². The van der Waals surface area contributed by atoms with Gasteiger partial charge in [-0.25, -0.2) is 13.2 Å². The summed E-state index contributed by atoms with van der Waals surface area (Å²) in [6.07, 6.45) is 1.27. The van der Waals surface area contributed by atoms with Crippen LogP contribution in [0.4, 0.5) is 11.4 Å². The summed E-state index contributed by atoms with van der Waals surface area (Å²) in [6, 6.07) is 12.5. The Balaban J connectivity index is 1.97. The van der Waals surface area contributed by atoms with Crippen LogP contribution in [0.15, 0.2) is 42.5 Å². The molecule has 0 aliphatic rings. The van der Waals surface area contributed by atoms with Crippen LogP contribution in [-0.4, -0.2) is 35.7 Å². The minimum absolute atomic E-state index is 0.00564. The Morgan fingerprint density at radius 1 is 1.16 bits per heavy atom. The molecule has 0 saturated carbocycles. The number of nitriles is 1. The molecule has 9 nitrogen and oxygen atoms in total. The van der Waals surface area contributed by atoms with E-state index < -0.39 is 21.9 Å². The van der Waals surface area contributed by atoms with Crippen molar-refractivity contribution in [3.8, 4) is 6.07 Å². The van der Waals surface area contributed by atoms with E-state index >= 15 is 0 Å². The van der Waals surface area contributed by atoms with Gasteiger partial charge in [-0.05, 0) is 36.8 Å². The first-order valence-electron chi connectivity index (χ1n) is 9.84. The number of aromatic carboxylic acids is 1. The van der Waals surface area contributed by atoms with Crippen LogP contribution < -0.4 is 10.0 Å². The molecule has 0 saturated heterocycles. The smallest absolute Gasteiger partial charge is 0.337 e. The summed E-state index contributed by atoms with van der Waals surface area (Å²) in [4.78, 5) is 24.5. The molecule has 10 heteroatoms. The van der Waals surface area contributed by atoms with E-state index in [1.807, 2.05) is 13.0 Å². The van der Waals surface area contributed by atoms with Gasteiger partial charge < -0.3 is 15.0 Å². The van der Waals surface area contributed by atoms with Gasteiger partial charge in [0.05, 0.1) is 39.8 Å². The molecule has 3 rings (SSSR count).